The van der Waals surface area contributed by atoms with Crippen LogP contribution in [0.3, 0.4) is 0 Å². The summed E-state index contributed by atoms with van der Waals surface area (Å²) >= 11 is 0. The van der Waals surface area contributed by atoms with Gasteiger partial charge >= 0.3 is 0 Å². The summed E-state index contributed by atoms with van der Waals surface area (Å²) in [6.07, 6.45) is 2.24. The molecule has 18 heavy (non-hydrogen) atoms. The van der Waals surface area contributed by atoms with E-state index in [-0.39, 0.29) is 6.04 Å². The second-order valence-electron chi connectivity index (χ2n) is 4.98. The summed E-state index contributed by atoms with van der Waals surface area (Å²) in [5.74, 6) is 0.525. The van der Waals surface area contributed by atoms with Gasteiger partial charge in [0.25, 0.3) is 0 Å². The SMILES string of the molecule is C=CCNC(CC)C(O)c1ccc(C(C)C)cc1. The van der Waals surface area contributed by atoms with Crippen molar-refractivity contribution < 1.29 is 5.11 Å². The van der Waals surface area contributed by atoms with E-state index in [4.69, 9.17) is 0 Å². The zero-order chi connectivity index (χ0) is 13.5. The monoisotopic (exact) mass is 247 g/mol. The summed E-state index contributed by atoms with van der Waals surface area (Å²) in [7, 11) is 0. The first-order valence-electron chi connectivity index (χ1n) is 6.72. The van der Waals surface area contributed by atoms with Crippen LogP contribution in [0.4, 0.5) is 0 Å². The van der Waals surface area contributed by atoms with Gasteiger partial charge in [-0.2, -0.15) is 0 Å². The number of aliphatic hydroxyl groups is 1. The first-order valence-corrected chi connectivity index (χ1v) is 6.72. The Morgan fingerprint density at radius 3 is 2.22 bits per heavy atom. The topological polar surface area (TPSA) is 32.3 Å². The molecular weight excluding hydrogens is 222 g/mol. The van der Waals surface area contributed by atoms with E-state index >= 15 is 0 Å². The molecule has 0 fully saturated rings. The third-order valence-corrected chi connectivity index (χ3v) is 3.29. The van der Waals surface area contributed by atoms with Gasteiger partial charge in [-0.1, -0.05) is 51.1 Å². The van der Waals surface area contributed by atoms with Gasteiger partial charge in [-0.3, -0.25) is 0 Å². The van der Waals surface area contributed by atoms with Crippen LogP contribution >= 0.6 is 0 Å². The molecule has 2 unspecified atom stereocenters. The number of benzene rings is 1. The largest absolute Gasteiger partial charge is 0.387 e. The van der Waals surface area contributed by atoms with Crippen LogP contribution in [0, 0.1) is 0 Å². The van der Waals surface area contributed by atoms with Gasteiger partial charge < -0.3 is 10.4 Å². The van der Waals surface area contributed by atoms with Crippen molar-refractivity contribution in [2.24, 2.45) is 0 Å². The van der Waals surface area contributed by atoms with Crippen LogP contribution in [0.1, 0.15) is 50.3 Å². The Bertz CT molecular complexity index is 356. The molecular formula is C16H25NO. The lowest BCUT2D eigenvalue weighted by molar-refractivity contribution is 0.128. The van der Waals surface area contributed by atoms with Gasteiger partial charge in [0.2, 0.25) is 0 Å². The molecule has 0 aliphatic rings. The molecule has 0 heterocycles. The van der Waals surface area contributed by atoms with Crippen LogP contribution in [-0.4, -0.2) is 17.7 Å². The van der Waals surface area contributed by atoms with Crippen molar-refractivity contribution in [2.45, 2.75) is 45.3 Å². The molecule has 2 heteroatoms. The highest BCUT2D eigenvalue weighted by Crippen LogP contribution is 2.22. The first-order chi connectivity index (χ1) is 8.60. The minimum atomic E-state index is -0.462. The van der Waals surface area contributed by atoms with Gasteiger partial charge in [0, 0.05) is 12.6 Å². The van der Waals surface area contributed by atoms with E-state index in [1.54, 1.807) is 0 Å². The Morgan fingerprint density at radius 2 is 1.78 bits per heavy atom. The highest BCUT2D eigenvalue weighted by atomic mass is 16.3. The van der Waals surface area contributed by atoms with E-state index in [0.717, 1.165) is 18.5 Å². The second kappa shape index (κ2) is 7.34. The number of aliphatic hydroxyl groups excluding tert-OH is 1. The van der Waals surface area contributed by atoms with Gasteiger partial charge in [-0.15, -0.1) is 6.58 Å². The summed E-state index contributed by atoms with van der Waals surface area (Å²) in [5.41, 5.74) is 2.28. The van der Waals surface area contributed by atoms with E-state index in [2.05, 4.69) is 44.8 Å². The van der Waals surface area contributed by atoms with Crippen LogP contribution < -0.4 is 5.32 Å². The fourth-order valence-electron chi connectivity index (χ4n) is 2.02. The van der Waals surface area contributed by atoms with Gasteiger partial charge in [0.15, 0.2) is 0 Å². The minimum absolute atomic E-state index is 0.0768. The van der Waals surface area contributed by atoms with E-state index in [9.17, 15) is 5.11 Å². The maximum atomic E-state index is 10.3. The molecule has 1 aromatic rings. The summed E-state index contributed by atoms with van der Waals surface area (Å²) < 4.78 is 0. The zero-order valence-electron chi connectivity index (χ0n) is 11.7. The molecule has 0 aromatic heterocycles. The van der Waals surface area contributed by atoms with Crippen molar-refractivity contribution in [3.63, 3.8) is 0 Å². The maximum absolute atomic E-state index is 10.3. The average molecular weight is 247 g/mol. The molecule has 0 radical (unpaired) electrons. The van der Waals surface area contributed by atoms with Crippen molar-refractivity contribution in [3.8, 4) is 0 Å². The van der Waals surface area contributed by atoms with E-state index in [1.807, 2.05) is 18.2 Å². The Hall–Kier alpha value is -1.12. The summed E-state index contributed by atoms with van der Waals surface area (Å²) in [5, 5.41) is 13.6. The quantitative estimate of drug-likeness (QED) is 0.724. The van der Waals surface area contributed by atoms with Crippen LogP contribution in [0.25, 0.3) is 0 Å². The molecule has 1 rings (SSSR count). The summed E-state index contributed by atoms with van der Waals surface area (Å²) in [6.45, 7) is 10.8. The Labute approximate surface area is 111 Å². The molecule has 1 aromatic carbocycles. The van der Waals surface area contributed by atoms with Crippen LogP contribution in [-0.2, 0) is 0 Å². The summed E-state index contributed by atoms with van der Waals surface area (Å²) in [4.78, 5) is 0. The van der Waals surface area contributed by atoms with E-state index in [1.165, 1.54) is 5.56 Å². The second-order valence-corrected chi connectivity index (χ2v) is 4.98. The molecule has 0 amide bonds. The lowest BCUT2D eigenvalue weighted by atomic mass is 9.96. The fourth-order valence-corrected chi connectivity index (χ4v) is 2.02. The number of hydrogen-bond acceptors (Lipinski definition) is 2. The van der Waals surface area contributed by atoms with Gasteiger partial charge in [0.05, 0.1) is 6.10 Å². The van der Waals surface area contributed by atoms with Gasteiger partial charge in [-0.25, -0.2) is 0 Å². The molecule has 2 N–H and O–H groups in total. The molecule has 0 spiro atoms. The van der Waals surface area contributed by atoms with E-state index < -0.39 is 6.10 Å². The molecule has 0 aliphatic heterocycles. The van der Waals surface area contributed by atoms with Crippen LogP contribution in [0.2, 0.25) is 0 Å². The zero-order valence-corrected chi connectivity index (χ0v) is 11.7. The third-order valence-electron chi connectivity index (χ3n) is 3.29. The maximum Gasteiger partial charge on any atom is 0.0942 e. The predicted molar refractivity (Wildman–Crippen MR) is 77.8 cm³/mol. The lowest BCUT2D eigenvalue weighted by Crippen LogP contribution is -2.34. The predicted octanol–water partition coefficient (Wildman–Crippen LogP) is 3.40. The van der Waals surface area contributed by atoms with Crippen molar-refractivity contribution in [1.82, 2.24) is 5.32 Å². The van der Waals surface area contributed by atoms with Crippen molar-refractivity contribution >= 4 is 0 Å². The fraction of sp³-hybridized carbons (Fsp3) is 0.500. The highest BCUT2D eigenvalue weighted by Gasteiger charge is 2.18. The molecule has 0 aliphatic carbocycles. The minimum Gasteiger partial charge on any atom is -0.387 e. The van der Waals surface area contributed by atoms with Crippen molar-refractivity contribution in [1.29, 1.82) is 0 Å². The number of nitrogens with one attached hydrogen (secondary N) is 1. The van der Waals surface area contributed by atoms with Gasteiger partial charge in [-0.05, 0) is 23.5 Å². The molecule has 100 valence electrons. The van der Waals surface area contributed by atoms with Crippen molar-refractivity contribution in [2.75, 3.05) is 6.54 Å². The normalized spacial score (nSPS) is 14.5. The molecule has 0 bridgehead atoms. The van der Waals surface area contributed by atoms with Gasteiger partial charge in [0.1, 0.15) is 0 Å². The molecule has 2 atom stereocenters. The number of hydrogen-bond donors (Lipinski definition) is 2. The van der Waals surface area contributed by atoms with Crippen molar-refractivity contribution in [3.05, 3.63) is 48.0 Å². The van der Waals surface area contributed by atoms with E-state index in [0.29, 0.717) is 5.92 Å². The Morgan fingerprint density at radius 1 is 1.22 bits per heavy atom. The van der Waals surface area contributed by atoms with Crippen LogP contribution in [0.5, 0.6) is 0 Å². The lowest BCUT2D eigenvalue weighted by Gasteiger charge is -2.23. The summed E-state index contributed by atoms with van der Waals surface area (Å²) in [6, 6.07) is 8.33. The molecule has 2 nitrogen and oxygen atoms in total. The Balaban J connectivity index is 2.74. The first kappa shape index (κ1) is 14.9. The highest BCUT2D eigenvalue weighted by molar-refractivity contribution is 5.26. The number of rotatable bonds is 7. The smallest absolute Gasteiger partial charge is 0.0942 e. The Kier molecular flexibility index (Phi) is 6.10. The standard InChI is InChI=1S/C16H25NO/c1-5-11-17-15(6-2)16(18)14-9-7-13(8-10-14)12(3)4/h5,7-10,12,15-18H,1,6,11H2,2-4H3. The molecule has 0 saturated carbocycles. The van der Waals surface area contributed by atoms with Crippen LogP contribution in [0.15, 0.2) is 36.9 Å². The molecule has 0 saturated heterocycles. The average Bonchev–Trinajstić information content (AvgIpc) is 2.39. The third kappa shape index (κ3) is 3.97.